The Hall–Kier alpha value is -3.14. The van der Waals surface area contributed by atoms with Crippen LogP contribution >= 0.6 is 0 Å². The Morgan fingerprint density at radius 3 is 2.19 bits per heavy atom. The zero-order valence-electron chi connectivity index (χ0n) is 19.1. The number of aliphatic carboxylic acids is 2. The third-order valence-corrected chi connectivity index (χ3v) is 5.10. The molecule has 0 aromatic carbocycles. The number of aromatic nitrogens is 1. The molecule has 16 heteroatoms. The Labute approximate surface area is 201 Å². The van der Waals surface area contributed by atoms with Gasteiger partial charge in [-0.15, -0.1) is 0 Å². The molecule has 3 heterocycles. The lowest BCUT2D eigenvalue weighted by molar-refractivity contribution is -0.193. The smallest absolute Gasteiger partial charge is 0.481 e. The van der Waals surface area contributed by atoms with Gasteiger partial charge in [0.05, 0.1) is 13.2 Å². The molecule has 0 unspecified atom stereocenters. The van der Waals surface area contributed by atoms with E-state index in [1.807, 2.05) is 12.1 Å². The molecular weight excluding hydrogens is 508 g/mol. The molecule has 3 atom stereocenters. The van der Waals surface area contributed by atoms with Crippen molar-refractivity contribution in [2.75, 3.05) is 27.2 Å². The predicted molar refractivity (Wildman–Crippen MR) is 109 cm³/mol. The van der Waals surface area contributed by atoms with Gasteiger partial charge in [-0.25, -0.2) is 14.6 Å². The van der Waals surface area contributed by atoms with Gasteiger partial charge in [0.2, 0.25) is 11.8 Å². The number of carboxylic acid groups (broad SMARTS) is 2. The molecule has 0 saturated carbocycles. The van der Waals surface area contributed by atoms with Gasteiger partial charge in [0.1, 0.15) is 6.10 Å². The number of carbonyl (C=O) groups is 3. The second-order valence-corrected chi connectivity index (χ2v) is 7.57. The number of carbonyl (C=O) groups excluding carboxylic acids is 1. The lowest BCUT2D eigenvalue weighted by Crippen LogP contribution is -2.42. The van der Waals surface area contributed by atoms with Gasteiger partial charge in [0.15, 0.2) is 0 Å². The van der Waals surface area contributed by atoms with Crippen LogP contribution in [0.15, 0.2) is 18.3 Å². The molecule has 0 bridgehead atoms. The summed E-state index contributed by atoms with van der Waals surface area (Å²) in [5.41, 5.74) is 1.09. The number of amides is 1. The standard InChI is InChI=1S/C16H23N3O3.2C2HF3O2/c1-17-15(20)13-8-11-5-7-19(10-14(11)22-13)9-12-4-3-6-18-16(12)21-2;2*3-2(4,5)1(6)7/h3-4,6,11,13-14H,5,7-10H2,1-2H3,(H,17,20);2*(H,6,7)/t11-,13+,14-;;/m0../s1. The van der Waals surface area contributed by atoms with Gasteiger partial charge < -0.3 is 25.0 Å². The monoisotopic (exact) mass is 533 g/mol. The summed E-state index contributed by atoms with van der Waals surface area (Å²) in [6, 6.07) is 3.97. The van der Waals surface area contributed by atoms with Crippen LogP contribution in [0.4, 0.5) is 26.3 Å². The normalized spacial score (nSPS) is 21.6. The molecule has 36 heavy (non-hydrogen) atoms. The number of ether oxygens (including phenoxy) is 2. The van der Waals surface area contributed by atoms with Crippen molar-refractivity contribution in [3.05, 3.63) is 23.9 Å². The minimum Gasteiger partial charge on any atom is -0.481 e. The van der Waals surface area contributed by atoms with E-state index in [0.717, 1.165) is 38.0 Å². The summed E-state index contributed by atoms with van der Waals surface area (Å²) in [4.78, 5) is 36.1. The molecule has 1 aromatic rings. The number of hydrogen-bond donors (Lipinski definition) is 3. The fraction of sp³-hybridized carbons (Fsp3) is 0.600. The number of alkyl halides is 6. The average Bonchev–Trinajstić information content (AvgIpc) is 3.22. The van der Waals surface area contributed by atoms with Crippen LogP contribution in [0.5, 0.6) is 5.88 Å². The van der Waals surface area contributed by atoms with Crippen LogP contribution in [0.2, 0.25) is 0 Å². The molecule has 10 nitrogen and oxygen atoms in total. The van der Waals surface area contributed by atoms with Crippen molar-refractivity contribution in [3.8, 4) is 5.88 Å². The molecule has 0 aliphatic carbocycles. The van der Waals surface area contributed by atoms with Crippen LogP contribution in [0.1, 0.15) is 18.4 Å². The number of halogens is 6. The van der Waals surface area contributed by atoms with Crippen molar-refractivity contribution >= 4 is 17.8 Å². The Kier molecular flexibility index (Phi) is 11.4. The first-order chi connectivity index (χ1) is 16.6. The summed E-state index contributed by atoms with van der Waals surface area (Å²) >= 11 is 0. The van der Waals surface area contributed by atoms with Crippen LogP contribution in [-0.4, -0.2) is 89.8 Å². The fourth-order valence-electron chi connectivity index (χ4n) is 3.44. The van der Waals surface area contributed by atoms with Crippen molar-refractivity contribution < 1.29 is 60.4 Å². The lowest BCUT2D eigenvalue weighted by atomic mass is 9.91. The summed E-state index contributed by atoms with van der Waals surface area (Å²) in [6.45, 7) is 2.67. The number of piperidine rings is 1. The van der Waals surface area contributed by atoms with Crippen molar-refractivity contribution in [2.45, 2.75) is 43.9 Å². The van der Waals surface area contributed by atoms with Crippen LogP contribution < -0.4 is 10.1 Å². The zero-order chi connectivity index (χ0) is 27.7. The summed E-state index contributed by atoms with van der Waals surface area (Å²) in [6.07, 6.45) is -6.65. The quantitative estimate of drug-likeness (QED) is 0.497. The number of rotatable bonds is 4. The second-order valence-electron chi connectivity index (χ2n) is 7.57. The molecule has 3 rings (SSSR count). The first-order valence-electron chi connectivity index (χ1n) is 10.3. The maximum atomic E-state index is 11.7. The average molecular weight is 533 g/mol. The van der Waals surface area contributed by atoms with E-state index in [-0.39, 0.29) is 18.1 Å². The topological polar surface area (TPSA) is 138 Å². The molecular formula is C20H25F6N3O7. The molecule has 0 spiro atoms. The minimum absolute atomic E-state index is 0.00474. The van der Waals surface area contributed by atoms with E-state index in [2.05, 4.69) is 15.2 Å². The predicted octanol–water partition coefficient (Wildman–Crippen LogP) is 2.08. The summed E-state index contributed by atoms with van der Waals surface area (Å²) < 4.78 is 74.7. The summed E-state index contributed by atoms with van der Waals surface area (Å²) in [7, 11) is 3.31. The number of hydrogen-bond acceptors (Lipinski definition) is 7. The van der Waals surface area contributed by atoms with Crippen molar-refractivity contribution in [1.29, 1.82) is 0 Å². The SMILES string of the molecule is CNC(=O)[C@H]1C[C@@H]2CCN(Cc3cccnc3OC)C[C@@H]2O1.O=C(O)C(F)(F)F.O=C(O)C(F)(F)F. The van der Waals surface area contributed by atoms with Gasteiger partial charge in [0.25, 0.3) is 0 Å². The Bertz CT molecular complexity index is 873. The van der Waals surface area contributed by atoms with Crippen LogP contribution in [0.25, 0.3) is 0 Å². The molecule has 2 fully saturated rings. The molecule has 2 saturated heterocycles. The number of nitrogens with zero attached hydrogens (tertiary/aromatic N) is 2. The zero-order valence-corrected chi connectivity index (χ0v) is 19.1. The summed E-state index contributed by atoms with van der Waals surface area (Å²) in [5.74, 6) is -4.34. The van der Waals surface area contributed by atoms with E-state index in [9.17, 15) is 31.1 Å². The number of pyridine rings is 1. The summed E-state index contributed by atoms with van der Waals surface area (Å²) in [5, 5.41) is 16.9. The van der Waals surface area contributed by atoms with Gasteiger partial charge in [-0.2, -0.15) is 26.3 Å². The minimum atomic E-state index is -5.08. The Balaban J connectivity index is 0.000000383. The van der Waals surface area contributed by atoms with Gasteiger partial charge in [-0.05, 0) is 31.4 Å². The largest absolute Gasteiger partial charge is 0.490 e. The molecule has 0 radical (unpaired) electrons. The third kappa shape index (κ3) is 9.85. The highest BCUT2D eigenvalue weighted by atomic mass is 19.4. The van der Waals surface area contributed by atoms with Crippen LogP contribution in [0.3, 0.4) is 0 Å². The first-order valence-corrected chi connectivity index (χ1v) is 10.3. The molecule has 3 N–H and O–H groups in total. The fourth-order valence-corrected chi connectivity index (χ4v) is 3.44. The number of likely N-dealkylation sites (tertiary alicyclic amines) is 1. The van der Waals surface area contributed by atoms with Crippen molar-refractivity contribution in [3.63, 3.8) is 0 Å². The second kappa shape index (κ2) is 13.2. The highest BCUT2D eigenvalue weighted by Gasteiger charge is 2.42. The number of fused-ring (bicyclic) bond motifs is 1. The van der Waals surface area contributed by atoms with Crippen LogP contribution in [0, 0.1) is 5.92 Å². The van der Waals surface area contributed by atoms with Gasteiger partial charge >= 0.3 is 24.3 Å². The maximum Gasteiger partial charge on any atom is 0.490 e. The highest BCUT2D eigenvalue weighted by molar-refractivity contribution is 5.80. The van der Waals surface area contributed by atoms with E-state index in [0.29, 0.717) is 11.8 Å². The van der Waals surface area contributed by atoms with Crippen molar-refractivity contribution in [2.24, 2.45) is 5.92 Å². The third-order valence-electron chi connectivity index (χ3n) is 5.10. The van der Waals surface area contributed by atoms with E-state index < -0.39 is 24.3 Å². The molecule has 1 amide bonds. The maximum absolute atomic E-state index is 11.7. The van der Waals surface area contributed by atoms with E-state index in [1.54, 1.807) is 20.4 Å². The van der Waals surface area contributed by atoms with Crippen LogP contribution in [-0.2, 0) is 25.7 Å². The van der Waals surface area contributed by atoms with Gasteiger partial charge in [-0.3, -0.25) is 9.69 Å². The van der Waals surface area contributed by atoms with Crippen molar-refractivity contribution in [1.82, 2.24) is 15.2 Å². The molecule has 204 valence electrons. The Morgan fingerprint density at radius 1 is 1.17 bits per heavy atom. The molecule has 1 aromatic heterocycles. The number of carboxylic acids is 2. The van der Waals surface area contributed by atoms with E-state index in [4.69, 9.17) is 29.3 Å². The van der Waals surface area contributed by atoms with Gasteiger partial charge in [-0.1, -0.05) is 6.07 Å². The number of methoxy groups -OCH3 is 1. The lowest BCUT2D eigenvalue weighted by Gasteiger charge is -2.34. The molecule has 2 aliphatic rings. The number of likely N-dealkylation sites (N-methyl/N-ethyl adjacent to an activating group) is 1. The van der Waals surface area contributed by atoms with E-state index in [1.165, 1.54) is 0 Å². The highest BCUT2D eigenvalue weighted by Crippen LogP contribution is 2.34. The first kappa shape index (κ1) is 30.9. The van der Waals surface area contributed by atoms with E-state index >= 15 is 0 Å². The number of nitrogens with one attached hydrogen (secondary N) is 1. The Morgan fingerprint density at radius 2 is 1.72 bits per heavy atom. The molecule has 2 aliphatic heterocycles. The van der Waals surface area contributed by atoms with Gasteiger partial charge in [0, 0.05) is 31.9 Å².